The number of imide groups is 1. The van der Waals surface area contributed by atoms with Gasteiger partial charge in [0.25, 0.3) is 29.1 Å². The molecule has 1 aliphatic carbocycles. The molecule has 3 amide bonds. The van der Waals surface area contributed by atoms with Crippen LogP contribution in [0.25, 0.3) is 0 Å². The molecule has 1 aliphatic heterocycles. The first-order valence-corrected chi connectivity index (χ1v) is 10.5. The van der Waals surface area contributed by atoms with Gasteiger partial charge in [-0.05, 0) is 31.9 Å². The second-order valence-corrected chi connectivity index (χ2v) is 8.24. The second-order valence-electron chi connectivity index (χ2n) is 8.24. The smallest absolute Gasteiger partial charge is 0.272 e. The number of hydrazine groups is 1. The van der Waals surface area contributed by atoms with Crippen molar-refractivity contribution >= 4 is 29.1 Å². The Morgan fingerprint density at radius 1 is 1.00 bits per heavy atom. The van der Waals surface area contributed by atoms with Gasteiger partial charge in [0.2, 0.25) is 0 Å². The molecule has 2 aromatic rings. The molecular formula is C23H20N4O7. The minimum absolute atomic E-state index is 0.00559. The van der Waals surface area contributed by atoms with Crippen molar-refractivity contribution in [3.05, 3.63) is 91.5 Å². The topological polar surface area (TPSA) is 144 Å². The standard InChI is InChI=1S/C23H20N4O7/c1-14-6-11-18-19(12-14)23(30)25(22(18)29)24(13-16-4-2-3-5-20(16)27(33)34)21(28)15-7-9-17(10-8-15)26(31)32/h2-10,18-19H,11-13H2,1H3/t18-,19+/m0/s1. The first kappa shape index (κ1) is 22.8. The van der Waals surface area contributed by atoms with Crippen molar-refractivity contribution in [2.45, 2.75) is 26.3 Å². The van der Waals surface area contributed by atoms with Crippen LogP contribution in [-0.2, 0) is 16.1 Å². The lowest BCUT2D eigenvalue weighted by molar-refractivity contribution is -0.385. The Kier molecular flexibility index (Phi) is 5.93. The molecule has 2 aromatic carbocycles. The van der Waals surface area contributed by atoms with Crippen LogP contribution in [-0.4, -0.2) is 37.6 Å². The zero-order valence-corrected chi connectivity index (χ0v) is 18.1. The fourth-order valence-electron chi connectivity index (χ4n) is 4.35. The highest BCUT2D eigenvalue weighted by atomic mass is 16.6. The van der Waals surface area contributed by atoms with Crippen LogP contribution in [0.15, 0.2) is 60.2 Å². The van der Waals surface area contributed by atoms with Gasteiger partial charge in [0.15, 0.2) is 0 Å². The molecule has 174 valence electrons. The molecule has 0 saturated carbocycles. The van der Waals surface area contributed by atoms with Gasteiger partial charge in [0.1, 0.15) is 0 Å². The summed E-state index contributed by atoms with van der Waals surface area (Å²) >= 11 is 0. The minimum atomic E-state index is -0.780. The number of nitro groups is 2. The Balaban J connectivity index is 1.75. The molecular weight excluding hydrogens is 444 g/mol. The van der Waals surface area contributed by atoms with Gasteiger partial charge < -0.3 is 0 Å². The Bertz CT molecular complexity index is 1240. The molecule has 0 spiro atoms. The molecule has 1 fully saturated rings. The predicted octanol–water partition coefficient (Wildman–Crippen LogP) is 3.40. The normalized spacial score (nSPS) is 19.4. The van der Waals surface area contributed by atoms with Crippen LogP contribution in [0.4, 0.5) is 11.4 Å². The Morgan fingerprint density at radius 2 is 1.65 bits per heavy atom. The van der Waals surface area contributed by atoms with E-state index in [-0.39, 0.29) is 22.5 Å². The SMILES string of the molecule is CC1=CC[C@@H]2C(=O)N(N(Cc3ccccc3[N+](=O)[O-])C(=O)c3ccc([N+](=O)[O-])cc3)C(=O)[C@@H]2C1. The number of rotatable bonds is 6. The van der Waals surface area contributed by atoms with Gasteiger partial charge in [-0.2, -0.15) is 5.01 Å². The maximum absolute atomic E-state index is 13.5. The van der Waals surface area contributed by atoms with E-state index < -0.39 is 45.9 Å². The summed E-state index contributed by atoms with van der Waals surface area (Å²) in [6.07, 6.45) is 2.64. The highest BCUT2D eigenvalue weighted by molar-refractivity contribution is 6.08. The first-order chi connectivity index (χ1) is 16.2. The third-order valence-corrected chi connectivity index (χ3v) is 6.11. The van der Waals surface area contributed by atoms with E-state index in [1.165, 1.54) is 30.3 Å². The largest absolute Gasteiger partial charge is 0.274 e. The van der Waals surface area contributed by atoms with Crippen molar-refractivity contribution in [1.82, 2.24) is 10.0 Å². The van der Waals surface area contributed by atoms with Crippen molar-refractivity contribution < 1.29 is 24.2 Å². The Morgan fingerprint density at radius 3 is 2.29 bits per heavy atom. The lowest BCUT2D eigenvalue weighted by Gasteiger charge is -2.30. The lowest BCUT2D eigenvalue weighted by Crippen LogP contribution is -2.49. The molecule has 34 heavy (non-hydrogen) atoms. The summed E-state index contributed by atoms with van der Waals surface area (Å²) in [6, 6.07) is 10.4. The van der Waals surface area contributed by atoms with Crippen molar-refractivity contribution in [2.75, 3.05) is 0 Å². The van der Waals surface area contributed by atoms with Crippen molar-refractivity contribution in [3.63, 3.8) is 0 Å². The lowest BCUT2D eigenvalue weighted by atomic mass is 9.82. The van der Waals surface area contributed by atoms with Crippen LogP contribution in [0.1, 0.15) is 35.7 Å². The molecule has 0 radical (unpaired) electrons. The third-order valence-electron chi connectivity index (χ3n) is 6.11. The van der Waals surface area contributed by atoms with Crippen LogP contribution in [0.3, 0.4) is 0 Å². The highest BCUT2D eigenvalue weighted by Crippen LogP contribution is 2.39. The summed E-state index contributed by atoms with van der Waals surface area (Å²) in [5.41, 5.74) is 0.596. The number of hydrogen-bond donors (Lipinski definition) is 0. The van der Waals surface area contributed by atoms with Crippen LogP contribution in [0.5, 0.6) is 0 Å². The monoisotopic (exact) mass is 464 g/mol. The summed E-state index contributed by atoms with van der Waals surface area (Å²) in [5.74, 6) is -3.11. The number of allylic oxidation sites excluding steroid dienone is 2. The fraction of sp³-hybridized carbons (Fsp3) is 0.261. The Hall–Kier alpha value is -4.41. The number of fused-ring (bicyclic) bond motifs is 1. The van der Waals surface area contributed by atoms with Gasteiger partial charge in [-0.15, -0.1) is 0 Å². The van der Waals surface area contributed by atoms with Crippen LogP contribution >= 0.6 is 0 Å². The number of non-ortho nitro benzene ring substituents is 1. The van der Waals surface area contributed by atoms with Crippen molar-refractivity contribution in [3.8, 4) is 0 Å². The maximum Gasteiger partial charge on any atom is 0.274 e. The van der Waals surface area contributed by atoms with E-state index in [9.17, 15) is 34.6 Å². The molecule has 1 heterocycles. The van der Waals surface area contributed by atoms with E-state index in [4.69, 9.17) is 0 Å². The summed E-state index contributed by atoms with van der Waals surface area (Å²) < 4.78 is 0. The summed E-state index contributed by atoms with van der Waals surface area (Å²) in [4.78, 5) is 61.3. The van der Waals surface area contributed by atoms with Gasteiger partial charge >= 0.3 is 0 Å². The molecule has 0 bridgehead atoms. The van der Waals surface area contributed by atoms with E-state index in [0.29, 0.717) is 12.8 Å². The van der Waals surface area contributed by atoms with Gasteiger partial charge in [-0.3, -0.25) is 34.6 Å². The summed E-state index contributed by atoms with van der Waals surface area (Å²) in [7, 11) is 0. The molecule has 2 aliphatic rings. The van der Waals surface area contributed by atoms with Gasteiger partial charge in [0, 0.05) is 23.8 Å². The Labute approximate surface area is 193 Å². The number of nitro benzene ring substituents is 2. The first-order valence-electron chi connectivity index (χ1n) is 10.5. The van der Waals surface area contributed by atoms with Crippen molar-refractivity contribution in [1.29, 1.82) is 0 Å². The van der Waals surface area contributed by atoms with E-state index in [1.54, 1.807) is 6.07 Å². The quantitative estimate of drug-likeness (QED) is 0.276. The number of carbonyl (C=O) groups excluding carboxylic acids is 3. The van der Waals surface area contributed by atoms with E-state index >= 15 is 0 Å². The maximum atomic E-state index is 13.5. The van der Waals surface area contributed by atoms with Crippen molar-refractivity contribution in [2.24, 2.45) is 11.8 Å². The molecule has 0 aromatic heterocycles. The van der Waals surface area contributed by atoms with Gasteiger partial charge in [-0.25, -0.2) is 5.01 Å². The number of nitrogens with zero attached hydrogens (tertiary/aromatic N) is 4. The molecule has 11 heteroatoms. The number of para-hydroxylation sites is 1. The van der Waals surface area contributed by atoms with E-state index in [0.717, 1.165) is 27.7 Å². The van der Waals surface area contributed by atoms with Crippen LogP contribution in [0.2, 0.25) is 0 Å². The van der Waals surface area contributed by atoms with E-state index in [1.807, 2.05) is 13.0 Å². The third kappa shape index (κ3) is 4.03. The van der Waals surface area contributed by atoms with Crippen LogP contribution < -0.4 is 0 Å². The average Bonchev–Trinajstić information content (AvgIpc) is 3.06. The molecule has 0 N–H and O–H groups in total. The summed E-state index contributed by atoms with van der Waals surface area (Å²) in [6.45, 7) is 1.46. The zero-order valence-electron chi connectivity index (χ0n) is 18.1. The number of amides is 3. The fourth-order valence-corrected chi connectivity index (χ4v) is 4.35. The summed E-state index contributed by atoms with van der Waals surface area (Å²) in [5, 5.41) is 24.2. The molecule has 2 atom stereocenters. The molecule has 11 nitrogen and oxygen atoms in total. The number of hydrogen-bond acceptors (Lipinski definition) is 7. The zero-order chi connectivity index (χ0) is 24.6. The molecule has 1 saturated heterocycles. The second kappa shape index (κ2) is 8.85. The predicted molar refractivity (Wildman–Crippen MR) is 118 cm³/mol. The number of carbonyl (C=O) groups is 3. The molecule has 0 unspecified atom stereocenters. The number of benzene rings is 2. The highest BCUT2D eigenvalue weighted by Gasteiger charge is 2.51. The van der Waals surface area contributed by atoms with Crippen LogP contribution in [0, 0.1) is 32.1 Å². The average molecular weight is 464 g/mol. The minimum Gasteiger partial charge on any atom is -0.272 e. The van der Waals surface area contributed by atoms with Gasteiger partial charge in [0.05, 0.1) is 33.8 Å². The van der Waals surface area contributed by atoms with Gasteiger partial charge in [-0.1, -0.05) is 29.8 Å². The van der Waals surface area contributed by atoms with E-state index in [2.05, 4.69) is 0 Å². The molecule has 4 rings (SSSR count).